The summed E-state index contributed by atoms with van der Waals surface area (Å²) >= 11 is 6.96. The number of benzene rings is 1. The van der Waals surface area contributed by atoms with Crippen LogP contribution >= 0.6 is 23.4 Å². The Bertz CT molecular complexity index is 804. The first kappa shape index (κ1) is 15.8. The summed E-state index contributed by atoms with van der Waals surface area (Å²) in [5.74, 6) is 0.301. The van der Waals surface area contributed by atoms with Crippen LogP contribution in [0.3, 0.4) is 0 Å². The van der Waals surface area contributed by atoms with Crippen LogP contribution in [0.15, 0.2) is 52.6 Å². The van der Waals surface area contributed by atoms with Crippen LogP contribution in [-0.2, 0) is 6.18 Å². The van der Waals surface area contributed by atoms with Gasteiger partial charge in [-0.15, -0.1) is 0 Å². The van der Waals surface area contributed by atoms with Crippen LogP contribution in [0.5, 0.6) is 0 Å². The van der Waals surface area contributed by atoms with Gasteiger partial charge in [0.2, 0.25) is 0 Å². The zero-order chi connectivity index (χ0) is 16.4. The third kappa shape index (κ3) is 3.65. The van der Waals surface area contributed by atoms with Crippen molar-refractivity contribution in [2.45, 2.75) is 16.0 Å². The van der Waals surface area contributed by atoms with Crippen molar-refractivity contribution in [3.63, 3.8) is 0 Å². The SMILES string of the molecule is FC(F)(F)c1cnc(-c2ncn[nH]2)c(Sc2ccc(Cl)cc2)c1. The molecule has 3 rings (SSSR count). The van der Waals surface area contributed by atoms with Crippen molar-refractivity contribution >= 4 is 23.4 Å². The molecule has 2 aromatic heterocycles. The lowest BCUT2D eigenvalue weighted by Crippen LogP contribution is -2.06. The molecule has 3 aromatic rings. The van der Waals surface area contributed by atoms with Gasteiger partial charge in [0.25, 0.3) is 0 Å². The van der Waals surface area contributed by atoms with Gasteiger partial charge in [-0.05, 0) is 30.3 Å². The molecule has 0 saturated carbocycles. The third-order valence-corrected chi connectivity index (χ3v) is 4.15. The number of aromatic nitrogens is 4. The molecule has 0 atom stereocenters. The van der Waals surface area contributed by atoms with E-state index in [2.05, 4.69) is 20.2 Å². The summed E-state index contributed by atoms with van der Waals surface area (Å²) in [7, 11) is 0. The van der Waals surface area contributed by atoms with Gasteiger partial charge < -0.3 is 0 Å². The van der Waals surface area contributed by atoms with Gasteiger partial charge in [0.05, 0.1) is 5.56 Å². The molecule has 0 aliphatic heterocycles. The minimum Gasteiger partial charge on any atom is -0.258 e. The van der Waals surface area contributed by atoms with Crippen LogP contribution in [0, 0.1) is 0 Å². The highest BCUT2D eigenvalue weighted by molar-refractivity contribution is 7.99. The average molecular weight is 357 g/mol. The predicted molar refractivity (Wildman–Crippen MR) is 80.2 cm³/mol. The number of nitrogens with zero attached hydrogens (tertiary/aromatic N) is 3. The van der Waals surface area contributed by atoms with Crippen molar-refractivity contribution in [1.82, 2.24) is 20.2 Å². The number of hydrogen-bond donors (Lipinski definition) is 1. The van der Waals surface area contributed by atoms with E-state index < -0.39 is 11.7 Å². The van der Waals surface area contributed by atoms with E-state index in [0.29, 0.717) is 21.4 Å². The van der Waals surface area contributed by atoms with Gasteiger partial charge in [-0.2, -0.15) is 18.3 Å². The molecule has 0 radical (unpaired) electrons. The second kappa shape index (κ2) is 6.21. The van der Waals surface area contributed by atoms with E-state index >= 15 is 0 Å². The van der Waals surface area contributed by atoms with Crippen LogP contribution < -0.4 is 0 Å². The summed E-state index contributed by atoms with van der Waals surface area (Å²) in [5, 5.41) is 6.86. The molecule has 0 aliphatic carbocycles. The Morgan fingerprint density at radius 3 is 2.43 bits per heavy atom. The first-order valence-corrected chi connectivity index (χ1v) is 7.49. The van der Waals surface area contributed by atoms with Gasteiger partial charge >= 0.3 is 6.18 Å². The number of nitrogens with one attached hydrogen (secondary N) is 1. The maximum Gasteiger partial charge on any atom is 0.417 e. The molecule has 0 fully saturated rings. The van der Waals surface area contributed by atoms with E-state index in [-0.39, 0.29) is 0 Å². The first-order chi connectivity index (χ1) is 10.9. The zero-order valence-corrected chi connectivity index (χ0v) is 12.9. The summed E-state index contributed by atoms with van der Waals surface area (Å²) in [6.45, 7) is 0. The van der Waals surface area contributed by atoms with Gasteiger partial charge in [-0.25, -0.2) is 4.98 Å². The summed E-state index contributed by atoms with van der Waals surface area (Å²) in [6, 6.07) is 7.82. The maximum absolute atomic E-state index is 12.9. The van der Waals surface area contributed by atoms with Crippen LogP contribution in [0.1, 0.15) is 5.56 Å². The zero-order valence-electron chi connectivity index (χ0n) is 11.3. The Kier molecular flexibility index (Phi) is 4.27. The molecular weight excluding hydrogens is 349 g/mol. The Morgan fingerprint density at radius 2 is 1.83 bits per heavy atom. The minimum atomic E-state index is -4.47. The van der Waals surface area contributed by atoms with Crippen LogP contribution in [0.2, 0.25) is 5.02 Å². The quantitative estimate of drug-likeness (QED) is 0.739. The molecule has 9 heteroatoms. The third-order valence-electron chi connectivity index (χ3n) is 2.86. The first-order valence-electron chi connectivity index (χ1n) is 6.30. The number of rotatable bonds is 3. The van der Waals surface area contributed by atoms with Crippen molar-refractivity contribution in [2.75, 3.05) is 0 Å². The Hall–Kier alpha value is -2.06. The second-order valence-electron chi connectivity index (χ2n) is 4.46. The van der Waals surface area contributed by atoms with E-state index in [1.807, 2.05) is 0 Å². The lowest BCUT2D eigenvalue weighted by molar-refractivity contribution is -0.138. The van der Waals surface area contributed by atoms with Crippen molar-refractivity contribution in [1.29, 1.82) is 0 Å². The van der Waals surface area contributed by atoms with Gasteiger partial charge in [-0.1, -0.05) is 23.4 Å². The number of hydrogen-bond acceptors (Lipinski definition) is 4. The summed E-state index contributed by atoms with van der Waals surface area (Å²) in [4.78, 5) is 8.90. The predicted octanol–water partition coefficient (Wildman–Crippen LogP) is 4.69. The molecule has 1 aromatic carbocycles. The molecule has 118 valence electrons. The maximum atomic E-state index is 12.9. The van der Waals surface area contributed by atoms with E-state index in [0.717, 1.165) is 28.9 Å². The fourth-order valence-electron chi connectivity index (χ4n) is 1.80. The number of aromatic amines is 1. The summed E-state index contributed by atoms with van der Waals surface area (Å²) < 4.78 is 38.8. The number of H-pyrrole nitrogens is 1. The fourth-order valence-corrected chi connectivity index (χ4v) is 2.89. The summed E-state index contributed by atoms with van der Waals surface area (Å²) in [5.41, 5.74) is -0.521. The van der Waals surface area contributed by atoms with Crippen LogP contribution in [0.4, 0.5) is 13.2 Å². The topological polar surface area (TPSA) is 54.5 Å². The van der Waals surface area contributed by atoms with Gasteiger partial charge in [0.15, 0.2) is 5.82 Å². The number of halogens is 4. The van der Waals surface area contributed by atoms with E-state index in [1.165, 1.54) is 6.33 Å². The van der Waals surface area contributed by atoms with Crippen molar-refractivity contribution in [2.24, 2.45) is 0 Å². The number of alkyl halides is 3. The molecular formula is C14H8ClF3N4S. The van der Waals surface area contributed by atoms with Crippen LogP contribution in [-0.4, -0.2) is 20.2 Å². The van der Waals surface area contributed by atoms with Gasteiger partial charge in [-0.3, -0.25) is 10.1 Å². The molecule has 23 heavy (non-hydrogen) atoms. The standard InChI is InChI=1S/C14H8ClF3N4S/c15-9-1-3-10(4-2-9)23-11-5-8(14(16,17)18)6-19-12(11)13-20-7-21-22-13/h1-7H,(H,20,21,22). The van der Waals surface area contributed by atoms with Crippen LogP contribution in [0.25, 0.3) is 11.5 Å². The molecule has 0 aliphatic rings. The lowest BCUT2D eigenvalue weighted by atomic mass is 10.2. The Balaban J connectivity index is 2.05. The lowest BCUT2D eigenvalue weighted by Gasteiger charge is -2.11. The average Bonchev–Trinajstić information content (AvgIpc) is 3.03. The van der Waals surface area contributed by atoms with E-state index in [4.69, 9.17) is 11.6 Å². The molecule has 0 spiro atoms. The number of pyridine rings is 1. The Morgan fingerprint density at radius 1 is 1.09 bits per heavy atom. The second-order valence-corrected chi connectivity index (χ2v) is 6.01. The highest BCUT2D eigenvalue weighted by Crippen LogP contribution is 2.38. The van der Waals surface area contributed by atoms with Gasteiger partial charge in [0, 0.05) is 21.0 Å². The highest BCUT2D eigenvalue weighted by Gasteiger charge is 2.32. The van der Waals surface area contributed by atoms with Crippen molar-refractivity contribution < 1.29 is 13.2 Å². The molecule has 0 bridgehead atoms. The van der Waals surface area contributed by atoms with Gasteiger partial charge in [0.1, 0.15) is 12.0 Å². The van der Waals surface area contributed by atoms with Crippen molar-refractivity contribution in [3.8, 4) is 11.5 Å². The van der Waals surface area contributed by atoms with E-state index in [1.54, 1.807) is 24.3 Å². The fraction of sp³-hybridized carbons (Fsp3) is 0.0714. The molecule has 0 unspecified atom stereocenters. The molecule has 4 nitrogen and oxygen atoms in total. The molecule has 1 N–H and O–H groups in total. The molecule has 0 saturated heterocycles. The van der Waals surface area contributed by atoms with Crippen molar-refractivity contribution in [3.05, 3.63) is 53.4 Å². The monoisotopic (exact) mass is 356 g/mol. The highest BCUT2D eigenvalue weighted by atomic mass is 35.5. The Labute approximate surface area is 138 Å². The normalized spacial score (nSPS) is 11.7. The van der Waals surface area contributed by atoms with E-state index in [9.17, 15) is 13.2 Å². The molecule has 0 amide bonds. The minimum absolute atomic E-state index is 0.301. The largest absolute Gasteiger partial charge is 0.417 e. The summed E-state index contributed by atoms with van der Waals surface area (Å²) in [6.07, 6.45) is -2.42. The smallest absolute Gasteiger partial charge is 0.258 e. The molecule has 2 heterocycles.